The molecule has 0 atom stereocenters. The first-order valence-electron chi connectivity index (χ1n) is 4.80. The van der Waals surface area contributed by atoms with Gasteiger partial charge in [0.05, 0.1) is 18.6 Å². The van der Waals surface area contributed by atoms with Gasteiger partial charge in [0.1, 0.15) is 5.75 Å². The fourth-order valence-electron chi connectivity index (χ4n) is 1.16. The molecule has 4 nitrogen and oxygen atoms in total. The number of hydrogen-bond acceptors (Lipinski definition) is 3. The maximum Gasteiger partial charge on any atom is 0.392 e. The molecule has 0 amide bonds. The highest BCUT2D eigenvalue weighted by Crippen LogP contribution is 2.25. The van der Waals surface area contributed by atoms with Crippen LogP contribution in [0.5, 0.6) is 5.75 Å². The van der Waals surface area contributed by atoms with Crippen molar-refractivity contribution in [3.05, 3.63) is 28.8 Å². The average Bonchev–Trinajstić information content (AvgIpc) is 2.26. The van der Waals surface area contributed by atoms with Crippen LogP contribution < -0.4 is 10.5 Å². The molecule has 0 aliphatic carbocycles. The predicted octanol–water partition coefficient (Wildman–Crippen LogP) is 2.77. The van der Waals surface area contributed by atoms with Gasteiger partial charge in [-0.15, -0.1) is 0 Å². The lowest BCUT2D eigenvalue weighted by Crippen LogP contribution is -2.17. The van der Waals surface area contributed by atoms with Crippen molar-refractivity contribution < 1.29 is 23.1 Å². The third kappa shape index (κ3) is 4.33. The van der Waals surface area contributed by atoms with E-state index in [1.807, 2.05) is 0 Å². The van der Waals surface area contributed by atoms with Crippen LogP contribution in [0.4, 0.5) is 13.2 Å². The molecule has 8 heteroatoms. The van der Waals surface area contributed by atoms with Gasteiger partial charge in [-0.1, -0.05) is 16.8 Å². The van der Waals surface area contributed by atoms with Gasteiger partial charge in [-0.3, -0.25) is 0 Å². The second-order valence-corrected chi connectivity index (χ2v) is 3.78. The molecule has 0 bridgehead atoms. The molecule has 18 heavy (non-hydrogen) atoms. The third-order valence-corrected chi connectivity index (χ3v) is 2.21. The number of amidine groups is 1. The van der Waals surface area contributed by atoms with Crippen LogP contribution in [-0.4, -0.2) is 23.8 Å². The number of alkyl halides is 3. The maximum absolute atomic E-state index is 12.0. The van der Waals surface area contributed by atoms with E-state index >= 15 is 0 Å². The Bertz CT molecular complexity index is 449. The van der Waals surface area contributed by atoms with Crippen LogP contribution in [0.3, 0.4) is 0 Å². The zero-order valence-electron chi connectivity index (χ0n) is 9.04. The maximum atomic E-state index is 12.0. The Morgan fingerprint density at radius 2 is 2.11 bits per heavy atom. The standard InChI is InChI=1S/C10H10ClF3N2O2/c11-6-1-2-7(9(15)16-17)8(5-6)18-4-3-10(12,13)14/h1-2,5,17H,3-4H2,(H2,15,16). The molecule has 0 saturated heterocycles. The molecule has 1 aromatic carbocycles. The lowest BCUT2D eigenvalue weighted by molar-refractivity contribution is -0.139. The molecule has 0 saturated carbocycles. The quantitative estimate of drug-likeness (QED) is 0.386. The second kappa shape index (κ2) is 5.81. The van der Waals surface area contributed by atoms with Gasteiger partial charge < -0.3 is 15.7 Å². The summed E-state index contributed by atoms with van der Waals surface area (Å²) >= 11 is 5.69. The van der Waals surface area contributed by atoms with E-state index in [2.05, 4.69) is 5.16 Å². The Hall–Kier alpha value is -1.63. The molecule has 0 aliphatic rings. The van der Waals surface area contributed by atoms with Crippen molar-refractivity contribution in [3.63, 3.8) is 0 Å². The number of hydrogen-bond donors (Lipinski definition) is 2. The van der Waals surface area contributed by atoms with E-state index < -0.39 is 19.2 Å². The number of halogens is 4. The van der Waals surface area contributed by atoms with Crippen LogP contribution >= 0.6 is 11.6 Å². The first kappa shape index (κ1) is 14.4. The zero-order valence-corrected chi connectivity index (χ0v) is 9.79. The Labute approximate surface area is 106 Å². The minimum absolute atomic E-state index is 0.0297. The zero-order chi connectivity index (χ0) is 13.8. The van der Waals surface area contributed by atoms with Gasteiger partial charge in [0.25, 0.3) is 0 Å². The summed E-state index contributed by atoms with van der Waals surface area (Å²) in [5.41, 5.74) is 5.53. The van der Waals surface area contributed by atoms with Gasteiger partial charge in [-0.2, -0.15) is 13.2 Å². The molecule has 1 rings (SSSR count). The Morgan fingerprint density at radius 1 is 1.44 bits per heavy atom. The highest BCUT2D eigenvalue weighted by Gasteiger charge is 2.27. The summed E-state index contributed by atoms with van der Waals surface area (Å²) in [7, 11) is 0. The monoisotopic (exact) mass is 282 g/mol. The lowest BCUT2D eigenvalue weighted by atomic mass is 10.2. The number of nitrogens with two attached hydrogens (primary N) is 1. The summed E-state index contributed by atoms with van der Waals surface area (Å²) in [6.45, 7) is -0.574. The van der Waals surface area contributed by atoms with E-state index in [1.165, 1.54) is 18.2 Å². The van der Waals surface area contributed by atoms with E-state index in [4.69, 9.17) is 27.3 Å². The van der Waals surface area contributed by atoms with Crippen LogP contribution in [0.2, 0.25) is 5.02 Å². The molecule has 0 radical (unpaired) electrons. The van der Waals surface area contributed by atoms with Crippen molar-refractivity contribution >= 4 is 17.4 Å². The minimum atomic E-state index is -4.31. The average molecular weight is 283 g/mol. The normalized spacial score (nSPS) is 12.6. The molecule has 1 aromatic rings. The van der Waals surface area contributed by atoms with Crippen LogP contribution in [0.1, 0.15) is 12.0 Å². The minimum Gasteiger partial charge on any atom is -0.492 e. The summed E-state index contributed by atoms with van der Waals surface area (Å²) in [5.74, 6) is -0.240. The van der Waals surface area contributed by atoms with E-state index in [1.54, 1.807) is 0 Å². The van der Waals surface area contributed by atoms with E-state index in [0.717, 1.165) is 0 Å². The fourth-order valence-corrected chi connectivity index (χ4v) is 1.32. The Balaban J connectivity index is 2.83. The SMILES string of the molecule is N/C(=N/O)c1ccc(Cl)cc1OCCC(F)(F)F. The number of oxime groups is 1. The molecule has 0 fully saturated rings. The Morgan fingerprint density at radius 3 is 2.67 bits per heavy atom. The van der Waals surface area contributed by atoms with Gasteiger partial charge in [-0.05, 0) is 18.2 Å². The van der Waals surface area contributed by atoms with E-state index in [0.29, 0.717) is 0 Å². The van der Waals surface area contributed by atoms with E-state index in [-0.39, 0.29) is 22.2 Å². The summed E-state index contributed by atoms with van der Waals surface area (Å²) < 4.78 is 40.8. The van der Waals surface area contributed by atoms with Gasteiger partial charge in [0, 0.05) is 5.02 Å². The Kier molecular flexibility index (Phi) is 4.66. The van der Waals surface area contributed by atoms with Gasteiger partial charge in [0.2, 0.25) is 0 Å². The van der Waals surface area contributed by atoms with E-state index in [9.17, 15) is 13.2 Å². The van der Waals surface area contributed by atoms with Crippen LogP contribution in [-0.2, 0) is 0 Å². The molecule has 0 aliphatic heterocycles. The highest BCUT2D eigenvalue weighted by atomic mass is 35.5. The van der Waals surface area contributed by atoms with Crippen molar-refractivity contribution in [2.75, 3.05) is 6.61 Å². The molecule has 100 valence electrons. The van der Waals surface area contributed by atoms with Gasteiger partial charge in [0.15, 0.2) is 5.84 Å². The first-order valence-corrected chi connectivity index (χ1v) is 5.18. The van der Waals surface area contributed by atoms with Crippen LogP contribution in [0.15, 0.2) is 23.4 Å². The van der Waals surface area contributed by atoms with Crippen molar-refractivity contribution in [1.29, 1.82) is 0 Å². The van der Waals surface area contributed by atoms with Crippen molar-refractivity contribution in [2.24, 2.45) is 10.9 Å². The lowest BCUT2D eigenvalue weighted by Gasteiger charge is -2.12. The molecule has 0 aromatic heterocycles. The molecule has 3 N–H and O–H groups in total. The summed E-state index contributed by atoms with van der Waals surface area (Å²) in [4.78, 5) is 0. The van der Waals surface area contributed by atoms with Crippen molar-refractivity contribution in [1.82, 2.24) is 0 Å². The summed E-state index contributed by atoms with van der Waals surface area (Å²) in [6.07, 6.45) is -5.41. The topological polar surface area (TPSA) is 67.8 Å². The van der Waals surface area contributed by atoms with Crippen LogP contribution in [0, 0.1) is 0 Å². The smallest absolute Gasteiger partial charge is 0.392 e. The number of nitrogens with zero attached hydrogens (tertiary/aromatic N) is 1. The summed E-state index contributed by atoms with van der Waals surface area (Å²) in [5, 5.41) is 11.6. The molecule has 0 spiro atoms. The second-order valence-electron chi connectivity index (χ2n) is 3.34. The first-order chi connectivity index (χ1) is 8.33. The van der Waals surface area contributed by atoms with Gasteiger partial charge in [-0.25, -0.2) is 0 Å². The highest BCUT2D eigenvalue weighted by molar-refractivity contribution is 6.30. The largest absolute Gasteiger partial charge is 0.492 e. The third-order valence-electron chi connectivity index (χ3n) is 1.97. The molecule has 0 unspecified atom stereocenters. The van der Waals surface area contributed by atoms with Gasteiger partial charge >= 0.3 is 6.18 Å². The fraction of sp³-hybridized carbons (Fsp3) is 0.300. The number of ether oxygens (including phenoxy) is 1. The predicted molar refractivity (Wildman–Crippen MR) is 60.1 cm³/mol. The summed E-state index contributed by atoms with van der Waals surface area (Å²) in [6, 6.07) is 4.14. The molecular formula is C10H10ClF3N2O2. The van der Waals surface area contributed by atoms with Crippen molar-refractivity contribution in [2.45, 2.75) is 12.6 Å². The van der Waals surface area contributed by atoms with Crippen molar-refractivity contribution in [3.8, 4) is 5.75 Å². The number of benzene rings is 1. The number of rotatable bonds is 4. The molecular weight excluding hydrogens is 273 g/mol. The molecule has 0 heterocycles. The van der Waals surface area contributed by atoms with Crippen LogP contribution in [0.25, 0.3) is 0 Å².